The standard InChI is InChI=1S/C14H15ClN4O2S/c15-12-10(19-7-8-22-14(19)17-12)1-2-11(20)18-5-3-9(4-6-18)13(16)21/h1-2,7-9H,3-6H2,(H2,16,21). The summed E-state index contributed by atoms with van der Waals surface area (Å²) in [6.07, 6.45) is 6.28. The summed E-state index contributed by atoms with van der Waals surface area (Å²) in [5.74, 6) is -0.500. The SMILES string of the molecule is NC(=O)C1CCN(C(=O)C=Cc2c(Cl)nc3sccn23)CC1. The predicted molar refractivity (Wildman–Crippen MR) is 85.6 cm³/mol. The Kier molecular flexibility index (Phi) is 4.17. The molecule has 0 radical (unpaired) electrons. The first-order chi connectivity index (χ1) is 10.6. The number of halogens is 1. The van der Waals surface area contributed by atoms with Gasteiger partial charge < -0.3 is 10.6 Å². The highest BCUT2D eigenvalue weighted by molar-refractivity contribution is 7.15. The van der Waals surface area contributed by atoms with E-state index in [1.54, 1.807) is 11.0 Å². The van der Waals surface area contributed by atoms with Gasteiger partial charge in [-0.25, -0.2) is 4.98 Å². The third-order valence-electron chi connectivity index (χ3n) is 3.85. The number of carbonyl (C=O) groups is 2. The van der Waals surface area contributed by atoms with E-state index < -0.39 is 0 Å². The molecule has 2 N–H and O–H groups in total. The summed E-state index contributed by atoms with van der Waals surface area (Å²) in [6.45, 7) is 1.09. The zero-order valence-corrected chi connectivity index (χ0v) is 13.3. The second-order valence-corrected chi connectivity index (χ2v) is 6.41. The van der Waals surface area contributed by atoms with Gasteiger partial charge in [-0.05, 0) is 18.9 Å². The van der Waals surface area contributed by atoms with Gasteiger partial charge >= 0.3 is 0 Å². The number of rotatable bonds is 3. The summed E-state index contributed by atoms with van der Waals surface area (Å²) in [6, 6.07) is 0. The summed E-state index contributed by atoms with van der Waals surface area (Å²) >= 11 is 7.56. The highest BCUT2D eigenvalue weighted by Gasteiger charge is 2.24. The minimum atomic E-state index is -0.284. The molecule has 2 aromatic rings. The molecule has 0 aliphatic carbocycles. The highest BCUT2D eigenvalue weighted by atomic mass is 35.5. The lowest BCUT2D eigenvalue weighted by Gasteiger charge is -2.29. The Hall–Kier alpha value is -1.86. The monoisotopic (exact) mass is 338 g/mol. The maximum atomic E-state index is 12.2. The highest BCUT2D eigenvalue weighted by Crippen LogP contribution is 2.23. The van der Waals surface area contributed by atoms with Crippen LogP contribution >= 0.6 is 22.9 Å². The molecule has 22 heavy (non-hydrogen) atoms. The van der Waals surface area contributed by atoms with Crippen LogP contribution in [0, 0.1) is 5.92 Å². The summed E-state index contributed by atoms with van der Waals surface area (Å²) in [5.41, 5.74) is 5.98. The second kappa shape index (κ2) is 6.10. The number of aromatic nitrogens is 2. The molecule has 0 bridgehead atoms. The molecule has 0 aromatic carbocycles. The van der Waals surface area contributed by atoms with Crippen LogP contribution in [0.15, 0.2) is 17.7 Å². The lowest BCUT2D eigenvalue weighted by Crippen LogP contribution is -2.41. The number of piperidine rings is 1. The van der Waals surface area contributed by atoms with Crippen molar-refractivity contribution in [3.05, 3.63) is 28.5 Å². The number of thiazole rings is 1. The van der Waals surface area contributed by atoms with Crippen LogP contribution in [-0.4, -0.2) is 39.2 Å². The van der Waals surface area contributed by atoms with E-state index in [0.717, 1.165) is 4.96 Å². The third kappa shape index (κ3) is 2.86. The van der Waals surface area contributed by atoms with Crippen molar-refractivity contribution in [2.45, 2.75) is 12.8 Å². The number of nitrogens with two attached hydrogens (primary N) is 1. The van der Waals surface area contributed by atoms with Crippen molar-refractivity contribution in [1.29, 1.82) is 0 Å². The lowest BCUT2D eigenvalue weighted by atomic mass is 9.96. The molecule has 0 atom stereocenters. The van der Waals surface area contributed by atoms with Gasteiger partial charge in [0.15, 0.2) is 10.1 Å². The number of likely N-dealkylation sites (tertiary alicyclic amines) is 1. The van der Waals surface area contributed by atoms with Crippen LogP contribution in [0.3, 0.4) is 0 Å². The number of primary amides is 1. The minimum absolute atomic E-state index is 0.0934. The molecule has 2 aromatic heterocycles. The lowest BCUT2D eigenvalue weighted by molar-refractivity contribution is -0.130. The van der Waals surface area contributed by atoms with Gasteiger partial charge in [-0.15, -0.1) is 11.3 Å². The van der Waals surface area contributed by atoms with Gasteiger partial charge in [0, 0.05) is 36.7 Å². The summed E-state index contributed by atoms with van der Waals surface area (Å²) < 4.78 is 1.84. The van der Waals surface area contributed by atoms with Crippen molar-refractivity contribution in [2.75, 3.05) is 13.1 Å². The molecule has 8 heteroatoms. The molecule has 1 fully saturated rings. The van der Waals surface area contributed by atoms with E-state index in [-0.39, 0.29) is 17.7 Å². The van der Waals surface area contributed by atoms with Crippen molar-refractivity contribution >= 4 is 45.8 Å². The molecule has 0 spiro atoms. The molecule has 0 saturated carbocycles. The van der Waals surface area contributed by atoms with Crippen molar-refractivity contribution in [2.24, 2.45) is 11.7 Å². The molecule has 1 aliphatic heterocycles. The first-order valence-corrected chi connectivity index (χ1v) is 8.19. The number of amides is 2. The largest absolute Gasteiger partial charge is 0.369 e. The number of imidazole rings is 1. The molecule has 2 amide bonds. The molecule has 3 rings (SSSR count). The fourth-order valence-corrected chi connectivity index (χ4v) is 3.57. The Balaban J connectivity index is 1.68. The molecule has 1 aliphatic rings. The molecular formula is C14H15ClN4O2S. The average molecular weight is 339 g/mol. The first kappa shape index (κ1) is 15.1. The Morgan fingerprint density at radius 1 is 1.41 bits per heavy atom. The van der Waals surface area contributed by atoms with Gasteiger partial charge in [0.25, 0.3) is 0 Å². The molecule has 6 nitrogen and oxygen atoms in total. The summed E-state index contributed by atoms with van der Waals surface area (Å²) in [4.78, 5) is 30.1. The van der Waals surface area contributed by atoms with Crippen LogP contribution in [0.4, 0.5) is 0 Å². The number of nitrogens with zero attached hydrogens (tertiary/aromatic N) is 3. The Morgan fingerprint density at radius 2 is 2.14 bits per heavy atom. The summed E-state index contributed by atoms with van der Waals surface area (Å²) in [5, 5.41) is 2.29. The van der Waals surface area contributed by atoms with Crippen molar-refractivity contribution < 1.29 is 9.59 Å². The number of hydrogen-bond donors (Lipinski definition) is 1. The fraction of sp³-hybridized carbons (Fsp3) is 0.357. The van der Waals surface area contributed by atoms with E-state index in [0.29, 0.717) is 36.8 Å². The zero-order valence-electron chi connectivity index (χ0n) is 11.7. The minimum Gasteiger partial charge on any atom is -0.369 e. The van der Waals surface area contributed by atoms with Crippen LogP contribution in [0.5, 0.6) is 0 Å². The van der Waals surface area contributed by atoms with Gasteiger partial charge in [0.2, 0.25) is 11.8 Å². The molecule has 1 saturated heterocycles. The molecule has 0 unspecified atom stereocenters. The van der Waals surface area contributed by atoms with Gasteiger partial charge in [-0.1, -0.05) is 11.6 Å². The molecule has 3 heterocycles. The summed E-state index contributed by atoms with van der Waals surface area (Å²) in [7, 11) is 0. The van der Waals surface area contributed by atoms with Gasteiger partial charge in [-0.2, -0.15) is 0 Å². The van der Waals surface area contributed by atoms with Crippen molar-refractivity contribution in [3.63, 3.8) is 0 Å². The van der Waals surface area contributed by atoms with Gasteiger partial charge in [-0.3, -0.25) is 14.0 Å². The van der Waals surface area contributed by atoms with E-state index in [2.05, 4.69) is 4.98 Å². The van der Waals surface area contributed by atoms with Crippen LogP contribution < -0.4 is 5.73 Å². The molecular weight excluding hydrogens is 324 g/mol. The number of fused-ring (bicyclic) bond motifs is 1. The van der Waals surface area contributed by atoms with Crippen LogP contribution in [0.1, 0.15) is 18.5 Å². The Bertz CT molecular complexity index is 743. The quantitative estimate of drug-likeness (QED) is 0.866. The fourth-order valence-electron chi connectivity index (χ4n) is 2.57. The topological polar surface area (TPSA) is 80.7 Å². The first-order valence-electron chi connectivity index (χ1n) is 6.93. The maximum Gasteiger partial charge on any atom is 0.246 e. The maximum absolute atomic E-state index is 12.2. The van der Waals surface area contributed by atoms with Crippen LogP contribution in [0.25, 0.3) is 11.0 Å². The smallest absolute Gasteiger partial charge is 0.246 e. The van der Waals surface area contributed by atoms with E-state index >= 15 is 0 Å². The Morgan fingerprint density at radius 3 is 2.82 bits per heavy atom. The average Bonchev–Trinajstić information content (AvgIpc) is 3.06. The van der Waals surface area contributed by atoms with Gasteiger partial charge in [0.1, 0.15) is 0 Å². The predicted octanol–water partition coefficient (Wildman–Crippen LogP) is 1.79. The van der Waals surface area contributed by atoms with Gasteiger partial charge in [0.05, 0.1) is 5.69 Å². The normalized spacial score (nSPS) is 16.7. The van der Waals surface area contributed by atoms with Crippen molar-refractivity contribution in [3.8, 4) is 0 Å². The second-order valence-electron chi connectivity index (χ2n) is 5.18. The number of carbonyl (C=O) groups excluding carboxylic acids is 2. The van der Waals surface area contributed by atoms with Crippen molar-refractivity contribution in [1.82, 2.24) is 14.3 Å². The van der Waals surface area contributed by atoms with E-state index in [1.807, 2.05) is 16.0 Å². The molecule has 116 valence electrons. The van der Waals surface area contributed by atoms with E-state index in [9.17, 15) is 9.59 Å². The Labute approximate surface area is 136 Å². The number of hydrogen-bond acceptors (Lipinski definition) is 4. The van der Waals surface area contributed by atoms with E-state index in [4.69, 9.17) is 17.3 Å². The van der Waals surface area contributed by atoms with Crippen LogP contribution in [-0.2, 0) is 9.59 Å². The third-order valence-corrected chi connectivity index (χ3v) is 4.88. The zero-order chi connectivity index (χ0) is 15.7. The van der Waals surface area contributed by atoms with E-state index in [1.165, 1.54) is 17.4 Å². The van der Waals surface area contributed by atoms with Crippen LogP contribution in [0.2, 0.25) is 5.15 Å².